The quantitative estimate of drug-likeness (QED) is 0.223. The Morgan fingerprint density at radius 3 is 2.33 bits per heavy atom. The molecule has 3 aliphatic heterocycles. The van der Waals surface area contributed by atoms with Gasteiger partial charge in [-0.2, -0.15) is 0 Å². The summed E-state index contributed by atoms with van der Waals surface area (Å²) in [4.78, 5) is 28.4. The average molecular weight is 534 g/mol. The number of nitrogens with zero attached hydrogens (tertiary/aromatic N) is 1. The number of esters is 1. The predicted octanol–water partition coefficient (Wildman–Crippen LogP) is 4.60. The van der Waals surface area contributed by atoms with Gasteiger partial charge in [-0.15, -0.1) is 0 Å². The Kier molecular flexibility index (Phi) is 7.13. The largest absolute Gasteiger partial charge is 0.497 e. The second-order valence-corrected chi connectivity index (χ2v) is 10.7. The van der Waals surface area contributed by atoms with E-state index in [1.807, 2.05) is 82.3 Å². The molecule has 206 valence electrons. The summed E-state index contributed by atoms with van der Waals surface area (Å²) in [7, 11) is 2.97. The molecule has 2 fully saturated rings. The fourth-order valence-electron chi connectivity index (χ4n) is 5.67. The van der Waals surface area contributed by atoms with Gasteiger partial charge in [0.2, 0.25) is 0 Å². The van der Waals surface area contributed by atoms with E-state index in [4.69, 9.17) is 23.7 Å². The van der Waals surface area contributed by atoms with Crippen LogP contribution in [-0.2, 0) is 28.5 Å². The minimum absolute atomic E-state index is 0.166. The highest BCUT2D eigenvalue weighted by molar-refractivity contribution is 6.11. The number of ether oxygens (including phenoxy) is 5. The van der Waals surface area contributed by atoms with Crippen molar-refractivity contribution in [3.05, 3.63) is 76.4 Å². The second kappa shape index (κ2) is 10.3. The van der Waals surface area contributed by atoms with E-state index < -0.39 is 29.5 Å². The highest BCUT2D eigenvalue weighted by Gasteiger charge is 2.69. The zero-order chi connectivity index (χ0) is 27.9. The Morgan fingerprint density at radius 2 is 1.74 bits per heavy atom. The molecule has 0 aromatic heterocycles. The van der Waals surface area contributed by atoms with E-state index in [-0.39, 0.29) is 12.5 Å². The van der Waals surface area contributed by atoms with Crippen molar-refractivity contribution in [2.45, 2.75) is 57.6 Å². The lowest BCUT2D eigenvalue weighted by Gasteiger charge is -2.55. The molecule has 0 unspecified atom stereocenters. The Morgan fingerprint density at radius 1 is 1.05 bits per heavy atom. The molecule has 39 heavy (non-hydrogen) atoms. The van der Waals surface area contributed by atoms with Gasteiger partial charge in [-0.1, -0.05) is 29.8 Å². The molecule has 0 aliphatic carbocycles. The number of anilines is 1. The highest BCUT2D eigenvalue weighted by atomic mass is 16.7. The predicted molar refractivity (Wildman–Crippen MR) is 146 cm³/mol. The lowest BCUT2D eigenvalue weighted by atomic mass is 9.73. The van der Waals surface area contributed by atoms with Crippen LogP contribution in [0.3, 0.4) is 0 Å². The first-order valence-corrected chi connectivity index (χ1v) is 13.1. The van der Waals surface area contributed by atoms with Gasteiger partial charge in [-0.05, 0) is 74.7 Å². The lowest BCUT2D eigenvalue weighted by molar-refractivity contribution is -0.172. The van der Waals surface area contributed by atoms with E-state index in [0.29, 0.717) is 24.4 Å². The first kappa shape index (κ1) is 27.1. The number of methoxy groups -OCH3 is 2. The molecular weight excluding hydrogens is 498 g/mol. The van der Waals surface area contributed by atoms with E-state index in [1.54, 1.807) is 12.0 Å². The smallest absolute Gasteiger partial charge is 0.334 e. The van der Waals surface area contributed by atoms with Crippen LogP contribution >= 0.6 is 0 Å². The number of carbonyl (C=O) groups is 2. The number of hydrogen-bond donors (Lipinski definition) is 0. The molecule has 0 radical (unpaired) electrons. The minimum Gasteiger partial charge on any atom is -0.497 e. The minimum atomic E-state index is -1.20. The topological polar surface area (TPSA) is 83.5 Å². The van der Waals surface area contributed by atoms with E-state index in [1.165, 1.54) is 7.11 Å². The number of rotatable bonds is 7. The van der Waals surface area contributed by atoms with Crippen LogP contribution in [0.5, 0.6) is 5.75 Å². The maximum absolute atomic E-state index is 14.0. The Balaban J connectivity index is 1.50. The van der Waals surface area contributed by atoms with Crippen molar-refractivity contribution in [1.29, 1.82) is 0 Å². The fraction of sp³-hybridized carbons (Fsp3) is 0.419. The zero-order valence-electron chi connectivity index (χ0n) is 23.3. The third-order valence-corrected chi connectivity index (χ3v) is 7.80. The van der Waals surface area contributed by atoms with Gasteiger partial charge in [-0.25, -0.2) is 4.79 Å². The second-order valence-electron chi connectivity index (χ2n) is 10.7. The molecule has 3 aliphatic rings. The third kappa shape index (κ3) is 4.77. The first-order valence-electron chi connectivity index (χ1n) is 13.1. The average Bonchev–Trinajstić information content (AvgIpc) is 3.46. The van der Waals surface area contributed by atoms with Crippen LogP contribution in [0, 0.1) is 6.92 Å². The number of benzene rings is 2. The van der Waals surface area contributed by atoms with Gasteiger partial charge in [0.15, 0.2) is 11.4 Å². The van der Waals surface area contributed by atoms with Crippen LogP contribution in [-0.4, -0.2) is 62.8 Å². The fourth-order valence-corrected chi connectivity index (χ4v) is 5.67. The molecule has 0 bridgehead atoms. The molecule has 8 nitrogen and oxygen atoms in total. The van der Waals surface area contributed by atoms with Crippen LogP contribution in [0.2, 0.25) is 0 Å². The number of hydrogen-bond acceptors (Lipinski definition) is 7. The van der Waals surface area contributed by atoms with Crippen molar-refractivity contribution in [3.63, 3.8) is 0 Å². The maximum Gasteiger partial charge on any atom is 0.334 e. The van der Waals surface area contributed by atoms with Crippen molar-refractivity contribution in [3.8, 4) is 5.75 Å². The van der Waals surface area contributed by atoms with Crippen molar-refractivity contribution >= 4 is 23.6 Å². The van der Waals surface area contributed by atoms with Crippen molar-refractivity contribution in [1.82, 2.24) is 0 Å². The molecular formula is C31H35NO7. The van der Waals surface area contributed by atoms with Gasteiger partial charge < -0.3 is 23.7 Å². The van der Waals surface area contributed by atoms with Crippen molar-refractivity contribution in [2.24, 2.45) is 0 Å². The summed E-state index contributed by atoms with van der Waals surface area (Å²) in [6, 6.07) is 14.8. The van der Waals surface area contributed by atoms with Gasteiger partial charge in [0, 0.05) is 17.7 Å². The van der Waals surface area contributed by atoms with Crippen LogP contribution in [0.4, 0.5) is 5.69 Å². The summed E-state index contributed by atoms with van der Waals surface area (Å²) in [5, 5.41) is 0. The summed E-state index contributed by atoms with van der Waals surface area (Å²) in [6.45, 7) is 8.20. The van der Waals surface area contributed by atoms with E-state index in [2.05, 4.69) is 0 Å². The van der Waals surface area contributed by atoms with Crippen LogP contribution in [0.1, 0.15) is 38.3 Å². The summed E-state index contributed by atoms with van der Waals surface area (Å²) in [5.74, 6) is -0.655. The number of β-lactam (4-membered cyclic amide) rings is 1. The molecule has 2 aromatic rings. The molecule has 1 amide bonds. The monoisotopic (exact) mass is 533 g/mol. The van der Waals surface area contributed by atoms with Gasteiger partial charge in [0.1, 0.15) is 17.9 Å². The Hall–Kier alpha value is -3.46. The molecule has 0 saturated carbocycles. The highest BCUT2D eigenvalue weighted by Crippen LogP contribution is 2.51. The molecule has 2 aromatic carbocycles. The SMILES string of the molecule is COC(=O)/C(=C/c1ccc(C)cc1)CC1=C(C)[C@]2(OC1)C(=O)N(c1ccc(OC)cc1)[C@H]2[C@H]1COC(C)(C)O1. The van der Waals surface area contributed by atoms with Gasteiger partial charge in [0.25, 0.3) is 5.91 Å². The molecule has 3 atom stereocenters. The van der Waals surface area contributed by atoms with E-state index >= 15 is 0 Å². The number of amides is 1. The maximum atomic E-state index is 14.0. The number of aryl methyl sites for hydroxylation is 1. The normalized spacial score (nSPS) is 26.3. The van der Waals surface area contributed by atoms with Gasteiger partial charge in [-0.3, -0.25) is 9.69 Å². The van der Waals surface area contributed by atoms with E-state index in [9.17, 15) is 9.59 Å². The third-order valence-electron chi connectivity index (χ3n) is 7.80. The molecule has 1 spiro atoms. The van der Waals surface area contributed by atoms with Crippen molar-refractivity contribution < 1.29 is 33.3 Å². The Labute approximate surface area is 229 Å². The molecule has 5 rings (SSSR count). The molecule has 3 heterocycles. The van der Waals surface area contributed by atoms with Crippen LogP contribution in [0.15, 0.2) is 65.3 Å². The molecule has 8 heteroatoms. The van der Waals surface area contributed by atoms with Crippen LogP contribution < -0.4 is 9.64 Å². The standard InChI is InChI=1S/C31H35NO7/c1-19-7-9-21(10-8-19)15-22(28(33)36-6)16-23-17-38-31(20(23)2)27(26-18-37-30(3,4)39-26)32(29(31)34)24-11-13-25(35-5)14-12-24/h7-15,26-27H,16-18H2,1-6H3/b22-15+/t26-,27+,31-/m1/s1. The van der Waals surface area contributed by atoms with E-state index in [0.717, 1.165) is 28.0 Å². The summed E-state index contributed by atoms with van der Waals surface area (Å²) >= 11 is 0. The van der Waals surface area contributed by atoms with Crippen molar-refractivity contribution in [2.75, 3.05) is 32.3 Å². The summed E-state index contributed by atoms with van der Waals surface area (Å²) in [5.41, 5.74) is 3.73. The first-order chi connectivity index (χ1) is 18.6. The lowest BCUT2D eigenvalue weighted by Crippen LogP contribution is -2.78. The molecule has 0 N–H and O–H groups in total. The Bertz CT molecular complexity index is 1330. The van der Waals surface area contributed by atoms with Crippen LogP contribution in [0.25, 0.3) is 6.08 Å². The number of carbonyl (C=O) groups excluding carboxylic acids is 2. The summed E-state index contributed by atoms with van der Waals surface area (Å²) < 4.78 is 28.9. The summed E-state index contributed by atoms with van der Waals surface area (Å²) in [6.07, 6.45) is 1.73. The van der Waals surface area contributed by atoms with Gasteiger partial charge in [0.05, 0.1) is 27.4 Å². The molecule has 2 saturated heterocycles. The zero-order valence-corrected chi connectivity index (χ0v) is 23.3. The van der Waals surface area contributed by atoms with Gasteiger partial charge >= 0.3 is 5.97 Å².